The number of rotatable bonds is 4. The summed E-state index contributed by atoms with van der Waals surface area (Å²) >= 11 is 0. The van der Waals surface area contributed by atoms with Gasteiger partial charge in [0, 0.05) is 31.2 Å². The number of methoxy groups -OCH3 is 1. The van der Waals surface area contributed by atoms with E-state index >= 15 is 0 Å². The van der Waals surface area contributed by atoms with E-state index in [9.17, 15) is 4.79 Å². The van der Waals surface area contributed by atoms with Gasteiger partial charge in [-0.3, -0.25) is 9.69 Å². The highest BCUT2D eigenvalue weighted by molar-refractivity contribution is 6.02. The molecule has 0 bridgehead atoms. The summed E-state index contributed by atoms with van der Waals surface area (Å²) in [5.74, 6) is 1.22. The van der Waals surface area contributed by atoms with E-state index in [1.54, 1.807) is 7.11 Å². The van der Waals surface area contributed by atoms with E-state index in [1.807, 2.05) is 0 Å². The summed E-state index contributed by atoms with van der Waals surface area (Å²) in [6, 6.07) is 13.1. The van der Waals surface area contributed by atoms with Crippen LogP contribution in [-0.4, -0.2) is 55.2 Å². The Bertz CT molecular complexity index is 1030. The van der Waals surface area contributed by atoms with E-state index < -0.39 is 0 Å². The molecule has 5 rings (SSSR count). The van der Waals surface area contributed by atoms with Gasteiger partial charge in [0.1, 0.15) is 5.75 Å². The van der Waals surface area contributed by atoms with Crippen molar-refractivity contribution in [3.05, 3.63) is 58.7 Å². The molecule has 170 valence electrons. The zero-order valence-corrected chi connectivity index (χ0v) is 19.8. The average molecular weight is 434 g/mol. The van der Waals surface area contributed by atoms with Gasteiger partial charge in [-0.1, -0.05) is 35.9 Å². The van der Waals surface area contributed by atoms with Gasteiger partial charge in [0.05, 0.1) is 18.8 Å². The molecule has 2 aromatic carbocycles. The second-order valence-electron chi connectivity index (χ2n) is 10.3. The zero-order valence-electron chi connectivity index (χ0n) is 19.8. The van der Waals surface area contributed by atoms with Gasteiger partial charge in [-0.2, -0.15) is 0 Å². The van der Waals surface area contributed by atoms with Crippen molar-refractivity contribution in [3.8, 4) is 5.75 Å². The van der Waals surface area contributed by atoms with E-state index in [1.165, 1.54) is 27.9 Å². The number of carbonyl (C=O) groups is 1. The lowest BCUT2D eigenvalue weighted by molar-refractivity contribution is -0.126. The van der Waals surface area contributed by atoms with Crippen LogP contribution in [-0.2, 0) is 24.1 Å². The van der Waals surface area contributed by atoms with Crippen molar-refractivity contribution in [2.75, 3.05) is 31.6 Å². The number of nitrogens with zero attached hydrogens (tertiary/aromatic N) is 2. The lowest BCUT2D eigenvalue weighted by Crippen LogP contribution is -2.61. The van der Waals surface area contributed by atoms with Crippen molar-refractivity contribution in [1.29, 1.82) is 0 Å². The van der Waals surface area contributed by atoms with Crippen molar-refractivity contribution in [2.45, 2.75) is 64.1 Å². The first-order valence-electron chi connectivity index (χ1n) is 11.9. The van der Waals surface area contributed by atoms with Crippen LogP contribution in [0, 0.1) is 6.92 Å². The molecule has 0 aliphatic carbocycles. The third-order valence-electron chi connectivity index (χ3n) is 7.54. The number of anilines is 1. The van der Waals surface area contributed by atoms with Crippen molar-refractivity contribution in [3.63, 3.8) is 0 Å². The van der Waals surface area contributed by atoms with Crippen LogP contribution in [0.4, 0.5) is 5.69 Å². The summed E-state index contributed by atoms with van der Waals surface area (Å²) in [6.45, 7) is 9.26. The molecule has 1 N–H and O–H groups in total. The summed E-state index contributed by atoms with van der Waals surface area (Å²) in [6.07, 6.45) is 3.64. The third kappa shape index (κ3) is 3.61. The summed E-state index contributed by atoms with van der Waals surface area (Å²) in [4.78, 5) is 18.7. The minimum Gasteiger partial charge on any atom is -0.496 e. The first-order chi connectivity index (χ1) is 15.4. The molecular weight excluding hydrogens is 398 g/mol. The number of hydrogen-bond donors (Lipinski definition) is 1. The van der Waals surface area contributed by atoms with E-state index in [0.717, 1.165) is 51.1 Å². The van der Waals surface area contributed by atoms with Crippen LogP contribution in [0.25, 0.3) is 0 Å². The molecule has 3 aliphatic rings. The summed E-state index contributed by atoms with van der Waals surface area (Å²) in [5.41, 5.74) is 6.13. The summed E-state index contributed by atoms with van der Waals surface area (Å²) < 4.78 is 5.66. The minimum atomic E-state index is -0.179. The second kappa shape index (κ2) is 8.20. The number of piperazine rings is 1. The first-order valence-corrected chi connectivity index (χ1v) is 11.9. The van der Waals surface area contributed by atoms with Crippen LogP contribution in [0.5, 0.6) is 5.75 Å². The quantitative estimate of drug-likeness (QED) is 0.802. The molecular formula is C27H35N3O2. The number of para-hydroxylation sites is 1. The molecule has 2 aromatic rings. The van der Waals surface area contributed by atoms with Gasteiger partial charge in [-0.25, -0.2) is 0 Å². The SMILES string of the molecule is COc1ccc(C)cc1CC1CNCCN1C1CCc2cccc3c2N(C1=O)C(C)(C)C3. The van der Waals surface area contributed by atoms with Gasteiger partial charge in [0.25, 0.3) is 0 Å². The molecule has 5 nitrogen and oxygen atoms in total. The van der Waals surface area contributed by atoms with E-state index in [2.05, 4.69) is 72.3 Å². The number of hydrogen-bond acceptors (Lipinski definition) is 4. The predicted octanol–water partition coefficient (Wildman–Crippen LogP) is 3.50. The molecule has 3 heterocycles. The van der Waals surface area contributed by atoms with E-state index in [0.29, 0.717) is 0 Å². The van der Waals surface area contributed by atoms with Crippen molar-refractivity contribution in [2.24, 2.45) is 0 Å². The Balaban J connectivity index is 1.47. The highest BCUT2D eigenvalue weighted by Gasteiger charge is 2.47. The fraction of sp³-hybridized carbons (Fsp3) is 0.519. The molecule has 2 unspecified atom stereocenters. The molecule has 0 aromatic heterocycles. The number of ether oxygens (including phenoxy) is 1. The third-order valence-corrected chi connectivity index (χ3v) is 7.54. The summed E-state index contributed by atoms with van der Waals surface area (Å²) in [5, 5.41) is 3.57. The van der Waals surface area contributed by atoms with Gasteiger partial charge in [0.15, 0.2) is 0 Å². The van der Waals surface area contributed by atoms with Gasteiger partial charge in [0.2, 0.25) is 5.91 Å². The predicted molar refractivity (Wildman–Crippen MR) is 129 cm³/mol. The first kappa shape index (κ1) is 21.5. The smallest absolute Gasteiger partial charge is 0.244 e. The standard InChI is InChI=1S/C27H35N3O2/c1-18-8-11-24(32-4)21(14-18)15-22-17-28-12-13-29(22)23-10-9-19-6-5-7-20-16-27(2,3)30(25(19)20)26(23)31/h5-8,11,14,22-23,28H,9-10,12-13,15-17H2,1-4H3. The Morgan fingerprint density at radius 3 is 2.81 bits per heavy atom. The Morgan fingerprint density at radius 1 is 1.19 bits per heavy atom. The Hall–Kier alpha value is -2.37. The van der Waals surface area contributed by atoms with Gasteiger partial charge < -0.3 is 15.0 Å². The number of amides is 1. The average Bonchev–Trinajstić information content (AvgIpc) is 2.94. The molecule has 0 radical (unpaired) electrons. The van der Waals surface area contributed by atoms with E-state index in [-0.39, 0.29) is 23.5 Å². The molecule has 2 atom stereocenters. The van der Waals surface area contributed by atoms with Gasteiger partial charge in [-0.05, 0) is 69.2 Å². The number of carbonyl (C=O) groups excluding carboxylic acids is 1. The highest BCUT2D eigenvalue weighted by atomic mass is 16.5. The number of benzene rings is 2. The molecule has 1 amide bonds. The van der Waals surface area contributed by atoms with Gasteiger partial charge >= 0.3 is 0 Å². The molecule has 1 saturated heterocycles. The fourth-order valence-corrected chi connectivity index (χ4v) is 6.10. The Morgan fingerprint density at radius 2 is 2.00 bits per heavy atom. The monoisotopic (exact) mass is 433 g/mol. The molecule has 1 fully saturated rings. The number of aryl methyl sites for hydroxylation is 2. The molecule has 32 heavy (non-hydrogen) atoms. The van der Waals surface area contributed by atoms with Crippen LogP contribution >= 0.6 is 0 Å². The number of nitrogens with one attached hydrogen (secondary N) is 1. The van der Waals surface area contributed by atoms with Crippen molar-refractivity contribution < 1.29 is 9.53 Å². The van der Waals surface area contributed by atoms with E-state index in [4.69, 9.17) is 4.74 Å². The van der Waals surface area contributed by atoms with Gasteiger partial charge in [-0.15, -0.1) is 0 Å². The lowest BCUT2D eigenvalue weighted by Gasteiger charge is -2.43. The topological polar surface area (TPSA) is 44.8 Å². The second-order valence-corrected chi connectivity index (χ2v) is 10.3. The maximum absolute atomic E-state index is 14.1. The summed E-state index contributed by atoms with van der Waals surface area (Å²) in [7, 11) is 1.74. The van der Waals surface area contributed by atoms with Crippen LogP contribution in [0.3, 0.4) is 0 Å². The van der Waals surface area contributed by atoms with Crippen molar-refractivity contribution >= 4 is 11.6 Å². The zero-order chi connectivity index (χ0) is 22.5. The lowest BCUT2D eigenvalue weighted by atomic mass is 9.94. The highest BCUT2D eigenvalue weighted by Crippen LogP contribution is 2.44. The minimum absolute atomic E-state index is 0.0875. The van der Waals surface area contributed by atoms with Crippen molar-refractivity contribution in [1.82, 2.24) is 10.2 Å². The maximum atomic E-state index is 14.1. The molecule has 0 spiro atoms. The Labute approximate surface area is 191 Å². The van der Waals surface area contributed by atoms with Crippen LogP contribution in [0.2, 0.25) is 0 Å². The largest absolute Gasteiger partial charge is 0.496 e. The molecule has 5 heteroatoms. The van der Waals surface area contributed by atoms with Crippen LogP contribution < -0.4 is 15.0 Å². The Kier molecular flexibility index (Phi) is 5.50. The maximum Gasteiger partial charge on any atom is 0.244 e. The normalized spacial score (nSPS) is 24.9. The molecule has 0 saturated carbocycles. The molecule has 3 aliphatic heterocycles. The van der Waals surface area contributed by atoms with Crippen LogP contribution in [0.15, 0.2) is 36.4 Å². The van der Waals surface area contributed by atoms with Crippen LogP contribution in [0.1, 0.15) is 42.5 Å². The fourth-order valence-electron chi connectivity index (χ4n) is 6.10.